The monoisotopic (exact) mass is 326 g/mol. The highest BCUT2D eigenvalue weighted by Gasteiger charge is 2.23. The fraction of sp³-hybridized carbons (Fsp3) is 0.400. The Morgan fingerprint density at radius 3 is 2.41 bits per heavy atom. The lowest BCUT2D eigenvalue weighted by Crippen LogP contribution is -2.45. The summed E-state index contributed by atoms with van der Waals surface area (Å²) >= 11 is 0. The number of hydrogen-bond donors (Lipinski definition) is 1. The van der Waals surface area contributed by atoms with Crippen molar-refractivity contribution in [1.82, 2.24) is 9.62 Å². The summed E-state index contributed by atoms with van der Waals surface area (Å²) in [6.07, 6.45) is 5.43. The molecular weight excluding hydrogens is 307 g/mol. The third-order valence-electron chi connectivity index (χ3n) is 3.48. The van der Waals surface area contributed by atoms with E-state index in [9.17, 15) is 17.6 Å². The summed E-state index contributed by atoms with van der Waals surface area (Å²) in [5, 5.41) is 0. The van der Waals surface area contributed by atoms with E-state index in [-0.39, 0.29) is 17.8 Å². The van der Waals surface area contributed by atoms with Gasteiger partial charge >= 0.3 is 0 Å². The van der Waals surface area contributed by atoms with Crippen LogP contribution in [0, 0.1) is 5.82 Å². The van der Waals surface area contributed by atoms with Gasteiger partial charge in [0, 0.05) is 25.2 Å². The predicted molar refractivity (Wildman–Crippen MR) is 83.0 cm³/mol. The zero-order valence-corrected chi connectivity index (χ0v) is 13.1. The van der Waals surface area contributed by atoms with E-state index in [2.05, 4.69) is 4.72 Å². The molecule has 1 heterocycles. The third kappa shape index (κ3) is 5.23. The molecule has 0 radical (unpaired) electrons. The Kier molecular flexibility index (Phi) is 5.31. The van der Waals surface area contributed by atoms with E-state index < -0.39 is 10.0 Å². The second-order valence-corrected chi connectivity index (χ2v) is 7.15. The van der Waals surface area contributed by atoms with Crippen molar-refractivity contribution in [2.24, 2.45) is 0 Å². The molecule has 1 aliphatic heterocycles. The normalized spacial score (nSPS) is 17.1. The standard InChI is InChI=1S/C15H19FN2O3S/c1-22(20,21)17-14-8-10-18(11-9-14)15(19)7-4-12-2-5-13(16)6-3-12/h2-7,14,17H,8-11H2,1H3/b7-4+. The fourth-order valence-electron chi connectivity index (χ4n) is 2.37. The number of benzene rings is 1. The molecule has 0 spiro atoms. The number of carbonyl (C=O) groups is 1. The van der Waals surface area contributed by atoms with Crippen LogP contribution in [0.1, 0.15) is 18.4 Å². The molecule has 1 aromatic rings. The van der Waals surface area contributed by atoms with Crippen molar-refractivity contribution < 1.29 is 17.6 Å². The zero-order valence-electron chi connectivity index (χ0n) is 12.3. The Balaban J connectivity index is 1.86. The van der Waals surface area contributed by atoms with Gasteiger partial charge in [-0.05, 0) is 36.6 Å². The summed E-state index contributed by atoms with van der Waals surface area (Å²) in [6.45, 7) is 1.03. The second-order valence-electron chi connectivity index (χ2n) is 5.37. The number of carbonyl (C=O) groups excluding carboxylic acids is 1. The van der Waals surface area contributed by atoms with Crippen LogP contribution < -0.4 is 4.72 Å². The summed E-state index contributed by atoms with van der Waals surface area (Å²) < 4.78 is 37.7. The number of nitrogens with zero attached hydrogens (tertiary/aromatic N) is 1. The number of hydrogen-bond acceptors (Lipinski definition) is 3. The minimum atomic E-state index is -3.21. The van der Waals surface area contributed by atoms with Crippen molar-refractivity contribution >= 4 is 22.0 Å². The minimum absolute atomic E-state index is 0.111. The average Bonchev–Trinajstić information content (AvgIpc) is 2.45. The highest BCUT2D eigenvalue weighted by atomic mass is 32.2. The second kappa shape index (κ2) is 7.02. The molecule has 1 N–H and O–H groups in total. The van der Waals surface area contributed by atoms with Crippen LogP contribution >= 0.6 is 0 Å². The molecule has 0 atom stereocenters. The summed E-state index contributed by atoms with van der Waals surface area (Å²) in [4.78, 5) is 13.7. The van der Waals surface area contributed by atoms with Crippen molar-refractivity contribution in [2.45, 2.75) is 18.9 Å². The largest absolute Gasteiger partial charge is 0.339 e. The lowest BCUT2D eigenvalue weighted by molar-refractivity contribution is -0.126. The van der Waals surface area contributed by atoms with Gasteiger partial charge in [-0.3, -0.25) is 4.79 Å². The van der Waals surface area contributed by atoms with Crippen LogP contribution in [-0.2, 0) is 14.8 Å². The Morgan fingerprint density at radius 1 is 1.27 bits per heavy atom. The zero-order chi connectivity index (χ0) is 16.2. The molecule has 1 fully saturated rings. The van der Waals surface area contributed by atoms with Crippen LogP contribution in [0.3, 0.4) is 0 Å². The van der Waals surface area contributed by atoms with Crippen molar-refractivity contribution in [3.63, 3.8) is 0 Å². The maximum absolute atomic E-state index is 12.8. The Bertz CT molecular complexity index is 648. The van der Waals surface area contributed by atoms with Gasteiger partial charge in [0.2, 0.25) is 15.9 Å². The molecule has 7 heteroatoms. The first-order chi connectivity index (χ1) is 10.3. The molecular formula is C15H19FN2O3S. The molecule has 0 aliphatic carbocycles. The molecule has 2 rings (SSSR count). The van der Waals surface area contributed by atoms with Gasteiger partial charge < -0.3 is 4.90 Å². The van der Waals surface area contributed by atoms with Crippen LogP contribution in [0.4, 0.5) is 4.39 Å². The molecule has 0 aromatic heterocycles. The van der Waals surface area contributed by atoms with Gasteiger partial charge in [0.15, 0.2) is 0 Å². The molecule has 5 nitrogen and oxygen atoms in total. The first-order valence-corrected chi connectivity index (χ1v) is 8.92. The number of amides is 1. The van der Waals surface area contributed by atoms with E-state index in [1.54, 1.807) is 23.1 Å². The van der Waals surface area contributed by atoms with Crippen LogP contribution in [0.25, 0.3) is 6.08 Å². The van der Waals surface area contributed by atoms with E-state index in [4.69, 9.17) is 0 Å². The topological polar surface area (TPSA) is 66.5 Å². The Hall–Kier alpha value is -1.73. The molecule has 0 bridgehead atoms. The van der Waals surface area contributed by atoms with Gasteiger partial charge in [-0.15, -0.1) is 0 Å². The van der Waals surface area contributed by atoms with E-state index in [0.29, 0.717) is 25.9 Å². The molecule has 1 amide bonds. The van der Waals surface area contributed by atoms with Crippen LogP contribution in [0.2, 0.25) is 0 Å². The molecule has 1 aliphatic rings. The van der Waals surface area contributed by atoms with E-state index in [1.807, 2.05) is 0 Å². The first-order valence-electron chi connectivity index (χ1n) is 7.03. The Labute approximate surface area is 129 Å². The van der Waals surface area contributed by atoms with Crippen LogP contribution in [0.5, 0.6) is 0 Å². The van der Waals surface area contributed by atoms with Gasteiger partial charge in [-0.2, -0.15) is 0 Å². The van der Waals surface area contributed by atoms with E-state index in [1.165, 1.54) is 18.2 Å². The minimum Gasteiger partial charge on any atom is -0.339 e. The molecule has 1 saturated heterocycles. The lowest BCUT2D eigenvalue weighted by atomic mass is 10.1. The molecule has 1 aromatic carbocycles. The summed E-state index contributed by atoms with van der Waals surface area (Å²) in [6, 6.07) is 5.77. The van der Waals surface area contributed by atoms with Crippen LogP contribution in [0.15, 0.2) is 30.3 Å². The number of nitrogens with one attached hydrogen (secondary N) is 1. The van der Waals surface area contributed by atoms with E-state index in [0.717, 1.165) is 11.8 Å². The maximum Gasteiger partial charge on any atom is 0.246 e. The quantitative estimate of drug-likeness (QED) is 0.850. The van der Waals surface area contributed by atoms with E-state index >= 15 is 0 Å². The van der Waals surface area contributed by atoms with Gasteiger partial charge in [0.1, 0.15) is 5.82 Å². The number of rotatable bonds is 4. The summed E-state index contributed by atoms with van der Waals surface area (Å²) in [5.74, 6) is -0.439. The van der Waals surface area contributed by atoms with Crippen molar-refractivity contribution in [3.8, 4) is 0 Å². The average molecular weight is 326 g/mol. The molecule has 22 heavy (non-hydrogen) atoms. The third-order valence-corrected chi connectivity index (χ3v) is 4.24. The highest BCUT2D eigenvalue weighted by molar-refractivity contribution is 7.88. The predicted octanol–water partition coefficient (Wildman–Crippen LogP) is 1.38. The smallest absolute Gasteiger partial charge is 0.246 e. The number of piperidine rings is 1. The maximum atomic E-state index is 12.8. The van der Waals surface area contributed by atoms with Crippen LogP contribution in [-0.4, -0.2) is 44.6 Å². The van der Waals surface area contributed by atoms with Crippen molar-refractivity contribution in [3.05, 3.63) is 41.7 Å². The molecule has 0 unspecified atom stereocenters. The SMILES string of the molecule is CS(=O)(=O)NC1CCN(C(=O)/C=C/c2ccc(F)cc2)CC1. The fourth-order valence-corrected chi connectivity index (χ4v) is 3.21. The summed E-state index contributed by atoms with van der Waals surface area (Å²) in [7, 11) is -3.21. The van der Waals surface area contributed by atoms with Gasteiger partial charge in [0.25, 0.3) is 0 Å². The number of halogens is 1. The number of sulfonamides is 1. The van der Waals surface area contributed by atoms with Crippen molar-refractivity contribution in [1.29, 1.82) is 0 Å². The lowest BCUT2D eigenvalue weighted by Gasteiger charge is -2.31. The molecule has 120 valence electrons. The van der Waals surface area contributed by atoms with Gasteiger partial charge in [0.05, 0.1) is 6.26 Å². The summed E-state index contributed by atoms with van der Waals surface area (Å²) in [5.41, 5.74) is 0.753. The van der Waals surface area contributed by atoms with Gasteiger partial charge in [-0.25, -0.2) is 17.5 Å². The highest BCUT2D eigenvalue weighted by Crippen LogP contribution is 2.12. The first kappa shape index (κ1) is 16.6. The molecule has 0 saturated carbocycles. The van der Waals surface area contributed by atoms with Gasteiger partial charge in [-0.1, -0.05) is 12.1 Å². The number of likely N-dealkylation sites (tertiary alicyclic amines) is 1. The Morgan fingerprint density at radius 2 is 1.86 bits per heavy atom. The van der Waals surface area contributed by atoms with Crippen molar-refractivity contribution in [2.75, 3.05) is 19.3 Å².